The predicted molar refractivity (Wildman–Crippen MR) is 123 cm³/mol. The molecule has 2 aliphatic heterocycles. The van der Waals surface area contributed by atoms with Gasteiger partial charge in [-0.05, 0) is 62.7 Å². The standard InChI is InChI=1S/C23H28FN9O/c1-23-9-3-4-16(26-23)20(24)18(11-23)33(14-6-7-14)22-25-12-17(27-29-22)15-8-5-13(10-19(15)34)21-28-31-32(2)30-21/h5,8,10,12,14,16,18,20,26,34H,3-4,6-7,9,11H2,1-2H3/t16-,18-,20+,23-/m0/s1/i6D2,7D2,14D. The van der Waals surface area contributed by atoms with E-state index in [-0.39, 0.29) is 23.8 Å². The number of nitrogens with zero attached hydrogens (tertiary/aromatic N) is 8. The van der Waals surface area contributed by atoms with Gasteiger partial charge in [-0.1, -0.05) is 6.07 Å². The molecular formula is C23H28FN9O. The molecule has 2 saturated heterocycles. The maximum Gasteiger partial charge on any atom is 0.245 e. The van der Waals surface area contributed by atoms with Gasteiger partial charge in [0.1, 0.15) is 17.6 Å². The molecule has 3 aromatic rings. The van der Waals surface area contributed by atoms with Gasteiger partial charge in [0, 0.05) is 34.2 Å². The number of nitrogens with one attached hydrogen (secondary N) is 1. The normalized spacial score (nSPS) is 34.7. The van der Waals surface area contributed by atoms with Crippen molar-refractivity contribution < 1.29 is 16.4 Å². The van der Waals surface area contributed by atoms with Crippen LogP contribution < -0.4 is 10.2 Å². The summed E-state index contributed by atoms with van der Waals surface area (Å²) in [5, 5.41) is 34.1. The number of fused-ring (bicyclic) bond motifs is 2. The van der Waals surface area contributed by atoms with Crippen LogP contribution in [0.25, 0.3) is 22.6 Å². The predicted octanol–water partition coefficient (Wildman–Crippen LogP) is 2.41. The lowest BCUT2D eigenvalue weighted by molar-refractivity contribution is 0.0582. The third-order valence-corrected chi connectivity index (χ3v) is 6.80. The van der Waals surface area contributed by atoms with Crippen LogP contribution in [0.4, 0.5) is 10.3 Å². The fourth-order valence-electron chi connectivity index (χ4n) is 5.13. The number of hydrogen-bond donors (Lipinski definition) is 2. The quantitative estimate of drug-likeness (QED) is 0.579. The Hall–Kier alpha value is -3.21. The molecule has 4 heterocycles. The Kier molecular flexibility index (Phi) is 3.83. The molecule has 0 spiro atoms. The van der Waals surface area contributed by atoms with Crippen LogP contribution in [0.2, 0.25) is 0 Å². The highest BCUT2D eigenvalue weighted by molar-refractivity contribution is 5.71. The number of phenolic OH excluding ortho intramolecular Hbond substituents is 1. The molecule has 178 valence electrons. The topological polar surface area (TPSA) is 118 Å². The first-order valence-corrected chi connectivity index (χ1v) is 11.3. The average Bonchev–Trinajstić information content (AvgIpc) is 3.18. The Morgan fingerprint density at radius 1 is 1.32 bits per heavy atom. The van der Waals surface area contributed by atoms with E-state index in [1.807, 2.05) is 6.92 Å². The van der Waals surface area contributed by atoms with Gasteiger partial charge in [0.25, 0.3) is 0 Å². The summed E-state index contributed by atoms with van der Waals surface area (Å²) in [7, 11) is 1.62. The molecule has 0 unspecified atom stereocenters. The van der Waals surface area contributed by atoms with Gasteiger partial charge in [-0.25, -0.2) is 9.37 Å². The molecule has 2 aromatic heterocycles. The largest absolute Gasteiger partial charge is 0.507 e. The minimum atomic E-state index is -2.59. The SMILES string of the molecule is [2H]C1([2H])C([2H])([2H])C1([2H])N(c1ncc(-c2ccc(-c3nnn(C)n3)cc2O)nn1)[C@H]1C[C@]2(C)CCC[C@H](N2)[C@H]1F. The number of alkyl halides is 1. The van der Waals surface area contributed by atoms with Gasteiger partial charge in [-0.3, -0.25) is 0 Å². The Labute approximate surface area is 203 Å². The van der Waals surface area contributed by atoms with Crippen molar-refractivity contribution in [2.75, 3.05) is 4.90 Å². The summed E-state index contributed by atoms with van der Waals surface area (Å²) in [6, 6.07) is 0.709. The first-order chi connectivity index (χ1) is 18.3. The Balaban J connectivity index is 1.37. The first-order valence-electron chi connectivity index (χ1n) is 13.8. The van der Waals surface area contributed by atoms with E-state index in [4.69, 9.17) is 6.85 Å². The van der Waals surface area contributed by atoms with Gasteiger partial charge in [-0.2, -0.15) is 4.80 Å². The number of rotatable bonds is 5. The fraction of sp³-hybridized carbons (Fsp3) is 0.565. The number of tetrazole rings is 1. The van der Waals surface area contributed by atoms with Crippen LogP contribution in [0.1, 0.15) is 52.2 Å². The molecule has 2 N–H and O–H groups in total. The number of aromatic hydroxyl groups is 1. The van der Waals surface area contributed by atoms with E-state index in [1.54, 1.807) is 19.2 Å². The zero-order valence-corrected chi connectivity index (χ0v) is 18.8. The monoisotopic (exact) mass is 470 g/mol. The average molecular weight is 471 g/mol. The fourth-order valence-corrected chi connectivity index (χ4v) is 5.13. The molecule has 1 aromatic carbocycles. The summed E-state index contributed by atoms with van der Waals surface area (Å²) in [6.45, 7) is 1.97. The van der Waals surface area contributed by atoms with E-state index in [9.17, 15) is 5.11 Å². The number of aromatic nitrogens is 7. The van der Waals surface area contributed by atoms with Gasteiger partial charge in [0.2, 0.25) is 11.8 Å². The van der Waals surface area contributed by atoms with E-state index in [0.717, 1.165) is 17.7 Å². The number of benzene rings is 1. The van der Waals surface area contributed by atoms with Crippen molar-refractivity contribution in [2.45, 2.75) is 75.2 Å². The van der Waals surface area contributed by atoms with Crippen LogP contribution >= 0.6 is 0 Å². The Morgan fingerprint density at radius 3 is 2.85 bits per heavy atom. The lowest BCUT2D eigenvalue weighted by Crippen LogP contribution is -2.67. The molecule has 34 heavy (non-hydrogen) atoms. The van der Waals surface area contributed by atoms with Gasteiger partial charge in [0.05, 0.1) is 20.7 Å². The second-order valence-electron chi connectivity index (χ2n) is 9.37. The third kappa shape index (κ3) is 3.77. The van der Waals surface area contributed by atoms with Crippen LogP contribution in [0.15, 0.2) is 24.4 Å². The molecule has 6 rings (SSSR count). The van der Waals surface area contributed by atoms with Gasteiger partial charge >= 0.3 is 0 Å². The second-order valence-corrected chi connectivity index (χ2v) is 9.37. The molecular weight excluding hydrogens is 437 g/mol. The van der Waals surface area contributed by atoms with Crippen LogP contribution in [-0.2, 0) is 7.05 Å². The molecule has 0 radical (unpaired) electrons. The molecule has 11 heteroatoms. The number of piperidine rings is 2. The van der Waals surface area contributed by atoms with Crippen LogP contribution in [0.5, 0.6) is 5.75 Å². The lowest BCUT2D eigenvalue weighted by Gasteiger charge is -2.52. The highest BCUT2D eigenvalue weighted by Crippen LogP contribution is 2.42. The number of phenols is 1. The van der Waals surface area contributed by atoms with E-state index in [0.29, 0.717) is 23.4 Å². The van der Waals surface area contributed by atoms with Crippen molar-refractivity contribution in [3.8, 4) is 28.4 Å². The molecule has 3 fully saturated rings. The van der Waals surface area contributed by atoms with Crippen LogP contribution in [0.3, 0.4) is 0 Å². The van der Waals surface area contributed by atoms with E-state index in [1.165, 1.54) is 17.1 Å². The van der Waals surface area contributed by atoms with Crippen molar-refractivity contribution in [3.05, 3.63) is 24.4 Å². The first kappa shape index (κ1) is 16.4. The molecule has 4 atom stereocenters. The molecule has 2 bridgehead atoms. The smallest absolute Gasteiger partial charge is 0.245 e. The summed E-state index contributed by atoms with van der Waals surface area (Å²) < 4.78 is 57.9. The maximum atomic E-state index is 15.9. The zero-order valence-electron chi connectivity index (χ0n) is 23.8. The van der Waals surface area contributed by atoms with Crippen molar-refractivity contribution in [1.29, 1.82) is 0 Å². The lowest BCUT2D eigenvalue weighted by atomic mass is 9.74. The Bertz CT molecular complexity index is 1410. The van der Waals surface area contributed by atoms with Gasteiger partial charge in [-0.15, -0.1) is 20.4 Å². The molecule has 1 aliphatic carbocycles. The van der Waals surface area contributed by atoms with Crippen molar-refractivity contribution in [2.24, 2.45) is 7.05 Å². The minimum Gasteiger partial charge on any atom is -0.507 e. The molecule has 0 amide bonds. The summed E-state index contributed by atoms with van der Waals surface area (Å²) in [4.78, 5) is 6.66. The second kappa shape index (κ2) is 7.93. The highest BCUT2D eigenvalue weighted by Gasteiger charge is 2.50. The summed E-state index contributed by atoms with van der Waals surface area (Å²) in [5.41, 5.74) is 0.562. The van der Waals surface area contributed by atoms with E-state index >= 15 is 4.39 Å². The third-order valence-electron chi connectivity index (χ3n) is 6.80. The van der Waals surface area contributed by atoms with E-state index < -0.39 is 42.6 Å². The molecule has 10 nitrogen and oxygen atoms in total. The van der Waals surface area contributed by atoms with Gasteiger partial charge < -0.3 is 15.3 Å². The van der Waals surface area contributed by atoms with E-state index in [2.05, 4.69) is 35.9 Å². The number of halogens is 1. The minimum absolute atomic E-state index is 0.143. The summed E-state index contributed by atoms with van der Waals surface area (Å²) in [5.74, 6) is -0.0602. The number of anilines is 1. The van der Waals surface area contributed by atoms with Crippen LogP contribution in [-0.4, -0.2) is 70.3 Å². The van der Waals surface area contributed by atoms with Crippen LogP contribution in [0, 0.1) is 0 Å². The molecule has 1 saturated carbocycles. The maximum absolute atomic E-state index is 15.9. The Morgan fingerprint density at radius 2 is 2.18 bits per heavy atom. The zero-order chi connectivity index (χ0) is 28.0. The summed E-state index contributed by atoms with van der Waals surface area (Å²) >= 11 is 0. The van der Waals surface area contributed by atoms with Crippen molar-refractivity contribution in [1.82, 2.24) is 40.7 Å². The highest BCUT2D eigenvalue weighted by atomic mass is 19.1. The van der Waals surface area contributed by atoms with Crippen molar-refractivity contribution >= 4 is 5.95 Å². The number of hydrogen-bond acceptors (Lipinski definition) is 9. The number of aryl methyl sites for hydroxylation is 1. The van der Waals surface area contributed by atoms with Gasteiger partial charge in [0.15, 0.2) is 0 Å². The molecule has 3 aliphatic rings. The van der Waals surface area contributed by atoms with Crippen molar-refractivity contribution in [3.63, 3.8) is 0 Å². The summed E-state index contributed by atoms with van der Waals surface area (Å²) in [6.07, 6.45) is -2.96.